The summed E-state index contributed by atoms with van der Waals surface area (Å²) in [6, 6.07) is 12.7. The Morgan fingerprint density at radius 1 is 1.17 bits per heavy atom. The largest absolute Gasteiger partial charge is 0.497 e. The maximum absolute atomic E-state index is 12.1. The summed E-state index contributed by atoms with van der Waals surface area (Å²) in [4.78, 5) is 0.0401. The molecule has 0 radical (unpaired) electrons. The number of aliphatic hydroxyl groups excluding tert-OH is 1. The zero-order valence-corrected chi connectivity index (χ0v) is 14.5. The van der Waals surface area contributed by atoms with E-state index in [4.69, 9.17) is 21.1 Å². The van der Waals surface area contributed by atoms with E-state index in [9.17, 15) is 13.5 Å². The van der Waals surface area contributed by atoms with Crippen molar-refractivity contribution in [2.75, 3.05) is 20.3 Å². The van der Waals surface area contributed by atoms with E-state index in [0.717, 1.165) is 0 Å². The van der Waals surface area contributed by atoms with Crippen molar-refractivity contribution in [2.24, 2.45) is 0 Å². The highest BCUT2D eigenvalue weighted by atomic mass is 35.5. The van der Waals surface area contributed by atoms with Gasteiger partial charge in [0.1, 0.15) is 24.2 Å². The number of rotatable bonds is 8. The molecule has 2 rings (SSSR count). The molecule has 0 aliphatic heterocycles. The first-order valence-electron chi connectivity index (χ1n) is 7.11. The molecule has 0 saturated carbocycles. The summed E-state index contributed by atoms with van der Waals surface area (Å²) in [5.74, 6) is 1.24. The third-order valence-corrected chi connectivity index (χ3v) is 4.77. The van der Waals surface area contributed by atoms with Crippen molar-refractivity contribution in [1.82, 2.24) is 4.72 Å². The summed E-state index contributed by atoms with van der Waals surface area (Å²) in [7, 11) is -2.18. The summed E-state index contributed by atoms with van der Waals surface area (Å²) in [6.07, 6.45) is -0.999. The summed E-state index contributed by atoms with van der Waals surface area (Å²) in [5.41, 5.74) is 0. The van der Waals surface area contributed by atoms with Gasteiger partial charge in [-0.2, -0.15) is 0 Å². The summed E-state index contributed by atoms with van der Waals surface area (Å²) >= 11 is 5.78. The van der Waals surface area contributed by atoms with Crippen LogP contribution in [0.5, 0.6) is 11.5 Å². The van der Waals surface area contributed by atoms with Gasteiger partial charge in [0.15, 0.2) is 0 Å². The van der Waals surface area contributed by atoms with E-state index in [0.29, 0.717) is 16.5 Å². The number of halogens is 1. The molecule has 130 valence electrons. The Bertz CT molecular complexity index is 764. The number of benzene rings is 2. The lowest BCUT2D eigenvalue weighted by Crippen LogP contribution is -2.35. The lowest BCUT2D eigenvalue weighted by Gasteiger charge is -2.14. The van der Waals surface area contributed by atoms with Crippen LogP contribution in [0.3, 0.4) is 0 Å². The number of nitrogens with one attached hydrogen (secondary N) is 1. The second-order valence-electron chi connectivity index (χ2n) is 4.95. The standard InChI is InChI=1S/C16H18ClNO5S/c1-22-14-5-7-15(8-6-14)23-11-13(19)10-18-24(20,21)16-4-2-3-12(17)9-16/h2-9,13,18-19H,10-11H2,1H3. The normalized spacial score (nSPS) is 12.6. The molecule has 0 saturated heterocycles. The Balaban J connectivity index is 1.84. The second-order valence-corrected chi connectivity index (χ2v) is 7.15. The van der Waals surface area contributed by atoms with Crippen molar-refractivity contribution in [1.29, 1.82) is 0 Å². The molecule has 1 atom stereocenters. The second kappa shape index (κ2) is 8.34. The lowest BCUT2D eigenvalue weighted by atomic mass is 10.3. The Morgan fingerprint density at radius 2 is 1.83 bits per heavy atom. The van der Waals surface area contributed by atoms with Crippen LogP contribution in [0.25, 0.3) is 0 Å². The minimum atomic E-state index is -3.74. The fourth-order valence-corrected chi connectivity index (χ4v) is 3.22. The number of hydrogen-bond acceptors (Lipinski definition) is 5. The van der Waals surface area contributed by atoms with Crippen LogP contribution in [0.4, 0.5) is 0 Å². The highest BCUT2D eigenvalue weighted by Crippen LogP contribution is 2.17. The number of hydrogen-bond donors (Lipinski definition) is 2. The first-order valence-corrected chi connectivity index (χ1v) is 8.97. The molecular weight excluding hydrogens is 354 g/mol. The quantitative estimate of drug-likeness (QED) is 0.742. The minimum absolute atomic E-state index is 0.0401. The maximum atomic E-state index is 12.1. The van der Waals surface area contributed by atoms with Crippen LogP contribution in [-0.4, -0.2) is 39.9 Å². The maximum Gasteiger partial charge on any atom is 0.240 e. The average molecular weight is 372 g/mol. The number of ether oxygens (including phenoxy) is 2. The molecule has 2 aromatic rings. The Hall–Kier alpha value is -1.80. The lowest BCUT2D eigenvalue weighted by molar-refractivity contribution is 0.111. The summed E-state index contributed by atoms with van der Waals surface area (Å²) < 4.78 is 36.9. The van der Waals surface area contributed by atoms with Crippen LogP contribution in [-0.2, 0) is 10.0 Å². The van der Waals surface area contributed by atoms with E-state index in [1.54, 1.807) is 43.5 Å². The van der Waals surface area contributed by atoms with Crippen LogP contribution in [0, 0.1) is 0 Å². The number of aliphatic hydroxyl groups is 1. The van der Waals surface area contributed by atoms with Gasteiger partial charge in [-0.15, -0.1) is 0 Å². The zero-order chi connectivity index (χ0) is 17.6. The van der Waals surface area contributed by atoms with Crippen LogP contribution >= 0.6 is 11.6 Å². The minimum Gasteiger partial charge on any atom is -0.497 e. The Labute approximate surface area is 146 Å². The Kier molecular flexibility index (Phi) is 6.44. The molecule has 2 aromatic carbocycles. The molecule has 6 nitrogen and oxygen atoms in total. The van der Waals surface area contributed by atoms with E-state index in [2.05, 4.69) is 4.72 Å². The third-order valence-electron chi connectivity index (χ3n) is 3.12. The van der Waals surface area contributed by atoms with Crippen LogP contribution < -0.4 is 14.2 Å². The smallest absolute Gasteiger partial charge is 0.240 e. The molecule has 0 spiro atoms. The molecule has 8 heteroatoms. The zero-order valence-electron chi connectivity index (χ0n) is 13.0. The van der Waals surface area contributed by atoms with Crippen molar-refractivity contribution in [3.63, 3.8) is 0 Å². The van der Waals surface area contributed by atoms with E-state index in [-0.39, 0.29) is 18.0 Å². The van der Waals surface area contributed by atoms with Gasteiger partial charge in [0, 0.05) is 11.6 Å². The molecule has 0 amide bonds. The van der Waals surface area contributed by atoms with Gasteiger partial charge in [0.05, 0.1) is 12.0 Å². The molecular formula is C16H18ClNO5S. The van der Waals surface area contributed by atoms with Gasteiger partial charge < -0.3 is 14.6 Å². The van der Waals surface area contributed by atoms with Crippen LogP contribution in [0.2, 0.25) is 5.02 Å². The molecule has 0 heterocycles. The van der Waals surface area contributed by atoms with Crippen molar-refractivity contribution < 1.29 is 23.0 Å². The van der Waals surface area contributed by atoms with Crippen molar-refractivity contribution in [3.8, 4) is 11.5 Å². The van der Waals surface area contributed by atoms with Crippen LogP contribution in [0.1, 0.15) is 0 Å². The fourth-order valence-electron chi connectivity index (χ4n) is 1.85. The molecule has 0 bridgehead atoms. The monoisotopic (exact) mass is 371 g/mol. The fraction of sp³-hybridized carbons (Fsp3) is 0.250. The topological polar surface area (TPSA) is 84.9 Å². The number of sulfonamides is 1. The molecule has 0 fully saturated rings. The van der Waals surface area contributed by atoms with Gasteiger partial charge in [-0.1, -0.05) is 17.7 Å². The molecule has 1 unspecified atom stereocenters. The van der Waals surface area contributed by atoms with Crippen molar-refractivity contribution in [2.45, 2.75) is 11.0 Å². The van der Waals surface area contributed by atoms with Gasteiger partial charge in [0.2, 0.25) is 10.0 Å². The van der Waals surface area contributed by atoms with Gasteiger partial charge in [0.25, 0.3) is 0 Å². The van der Waals surface area contributed by atoms with E-state index >= 15 is 0 Å². The van der Waals surface area contributed by atoms with Gasteiger partial charge in [-0.25, -0.2) is 13.1 Å². The highest BCUT2D eigenvalue weighted by Gasteiger charge is 2.16. The van der Waals surface area contributed by atoms with Crippen molar-refractivity contribution >= 4 is 21.6 Å². The predicted molar refractivity (Wildman–Crippen MR) is 91.1 cm³/mol. The molecule has 0 aromatic heterocycles. The molecule has 0 aliphatic rings. The molecule has 0 aliphatic carbocycles. The van der Waals surface area contributed by atoms with E-state index in [1.165, 1.54) is 12.1 Å². The van der Waals surface area contributed by atoms with Gasteiger partial charge >= 0.3 is 0 Å². The van der Waals surface area contributed by atoms with Crippen LogP contribution in [0.15, 0.2) is 53.4 Å². The summed E-state index contributed by atoms with van der Waals surface area (Å²) in [6.45, 7) is -0.227. The SMILES string of the molecule is COc1ccc(OCC(O)CNS(=O)(=O)c2cccc(Cl)c2)cc1. The first kappa shape index (κ1) is 18.5. The van der Waals surface area contributed by atoms with Crippen molar-refractivity contribution in [3.05, 3.63) is 53.6 Å². The summed E-state index contributed by atoms with van der Waals surface area (Å²) in [5, 5.41) is 10.2. The first-order chi connectivity index (χ1) is 11.4. The Morgan fingerprint density at radius 3 is 2.46 bits per heavy atom. The molecule has 24 heavy (non-hydrogen) atoms. The highest BCUT2D eigenvalue weighted by molar-refractivity contribution is 7.89. The average Bonchev–Trinajstić information content (AvgIpc) is 2.58. The van der Waals surface area contributed by atoms with E-state index < -0.39 is 16.1 Å². The number of methoxy groups -OCH3 is 1. The van der Waals surface area contributed by atoms with Gasteiger partial charge in [-0.3, -0.25) is 0 Å². The van der Waals surface area contributed by atoms with E-state index in [1.807, 2.05) is 0 Å². The predicted octanol–water partition coefficient (Wildman–Crippen LogP) is 2.07. The third kappa shape index (κ3) is 5.38. The van der Waals surface area contributed by atoms with Gasteiger partial charge in [-0.05, 0) is 42.5 Å². The molecule has 2 N–H and O–H groups in total.